The predicted octanol–water partition coefficient (Wildman–Crippen LogP) is 3.76. The Balaban J connectivity index is 2.56. The SMILES string of the molecule is COc1cc(C)c2c(c1)c(O)c(C(=O)C(F)(F)F)c(=O)n2-c1ccccc1. The van der Waals surface area contributed by atoms with E-state index < -0.39 is 28.8 Å². The molecule has 1 N–H and O–H groups in total. The molecular formula is C19H14F3NO4. The Bertz CT molecular complexity index is 1100. The molecule has 0 saturated heterocycles. The molecule has 0 aliphatic heterocycles. The molecule has 140 valence electrons. The first-order valence-corrected chi connectivity index (χ1v) is 7.80. The number of hydrogen-bond donors (Lipinski definition) is 1. The lowest BCUT2D eigenvalue weighted by Crippen LogP contribution is -2.33. The number of aromatic nitrogens is 1. The second kappa shape index (κ2) is 6.46. The first kappa shape index (κ1) is 18.5. The number of halogens is 3. The van der Waals surface area contributed by atoms with Gasteiger partial charge in [-0.15, -0.1) is 0 Å². The van der Waals surface area contributed by atoms with Gasteiger partial charge in [-0.25, -0.2) is 0 Å². The second-order valence-corrected chi connectivity index (χ2v) is 5.87. The summed E-state index contributed by atoms with van der Waals surface area (Å²) in [6, 6.07) is 10.8. The monoisotopic (exact) mass is 377 g/mol. The summed E-state index contributed by atoms with van der Waals surface area (Å²) < 4.78 is 45.1. The zero-order chi connectivity index (χ0) is 19.9. The molecule has 0 atom stereocenters. The minimum absolute atomic E-state index is 0.0945. The van der Waals surface area contributed by atoms with Gasteiger partial charge in [0.2, 0.25) is 0 Å². The Morgan fingerprint density at radius 3 is 2.33 bits per heavy atom. The third-order valence-corrected chi connectivity index (χ3v) is 4.14. The van der Waals surface area contributed by atoms with Gasteiger partial charge in [-0.2, -0.15) is 13.2 Å². The van der Waals surface area contributed by atoms with Crippen molar-refractivity contribution in [3.63, 3.8) is 0 Å². The number of alkyl halides is 3. The Morgan fingerprint density at radius 2 is 1.78 bits per heavy atom. The van der Waals surface area contributed by atoms with Crippen LogP contribution in [-0.2, 0) is 0 Å². The van der Waals surface area contributed by atoms with Crippen molar-refractivity contribution >= 4 is 16.7 Å². The maximum absolute atomic E-state index is 13.0. The van der Waals surface area contributed by atoms with E-state index in [1.54, 1.807) is 31.2 Å². The van der Waals surface area contributed by atoms with Crippen LogP contribution < -0.4 is 10.3 Å². The predicted molar refractivity (Wildman–Crippen MR) is 92.9 cm³/mol. The van der Waals surface area contributed by atoms with Crippen molar-refractivity contribution in [1.82, 2.24) is 4.57 Å². The van der Waals surface area contributed by atoms with Gasteiger partial charge in [0.15, 0.2) is 0 Å². The highest BCUT2D eigenvalue weighted by molar-refractivity contribution is 6.07. The number of aromatic hydroxyl groups is 1. The quantitative estimate of drug-likeness (QED) is 0.706. The molecule has 27 heavy (non-hydrogen) atoms. The lowest BCUT2D eigenvalue weighted by Gasteiger charge is -2.18. The standard InChI is InChI=1S/C19H14F3NO4/c1-10-8-12(27-2)9-13-15(10)23(11-6-4-3-5-7-11)18(26)14(16(13)24)17(25)19(20,21)22/h3-9,24H,1-2H3. The molecule has 0 fully saturated rings. The van der Waals surface area contributed by atoms with Crippen LogP contribution in [0.4, 0.5) is 13.2 Å². The van der Waals surface area contributed by atoms with E-state index in [0.717, 1.165) is 4.57 Å². The molecule has 0 spiro atoms. The molecule has 0 radical (unpaired) electrons. The number of carbonyl (C=O) groups excluding carboxylic acids is 1. The minimum Gasteiger partial charge on any atom is -0.506 e. The minimum atomic E-state index is -5.31. The number of carbonyl (C=O) groups is 1. The van der Waals surface area contributed by atoms with Crippen LogP contribution in [0.15, 0.2) is 47.3 Å². The van der Waals surface area contributed by atoms with Crippen LogP contribution in [0, 0.1) is 6.92 Å². The number of pyridine rings is 1. The van der Waals surface area contributed by atoms with Crippen LogP contribution in [0.2, 0.25) is 0 Å². The zero-order valence-electron chi connectivity index (χ0n) is 14.3. The maximum Gasteiger partial charge on any atom is 0.455 e. The maximum atomic E-state index is 13.0. The first-order valence-electron chi connectivity index (χ1n) is 7.80. The van der Waals surface area contributed by atoms with Crippen molar-refractivity contribution in [2.24, 2.45) is 0 Å². The van der Waals surface area contributed by atoms with Crippen molar-refractivity contribution < 1.29 is 27.8 Å². The van der Waals surface area contributed by atoms with Gasteiger partial charge < -0.3 is 9.84 Å². The van der Waals surface area contributed by atoms with Gasteiger partial charge in [0.25, 0.3) is 11.3 Å². The van der Waals surface area contributed by atoms with Crippen molar-refractivity contribution in [1.29, 1.82) is 0 Å². The highest BCUT2D eigenvalue weighted by Crippen LogP contribution is 2.35. The van der Waals surface area contributed by atoms with E-state index in [-0.39, 0.29) is 22.3 Å². The molecule has 5 nitrogen and oxygen atoms in total. The molecule has 1 heterocycles. The Hall–Kier alpha value is -3.29. The smallest absolute Gasteiger partial charge is 0.455 e. The lowest BCUT2D eigenvalue weighted by atomic mass is 10.0. The fourth-order valence-electron chi connectivity index (χ4n) is 2.96. The molecule has 0 saturated carbocycles. The van der Waals surface area contributed by atoms with E-state index in [2.05, 4.69) is 0 Å². The third kappa shape index (κ3) is 3.03. The number of benzene rings is 2. The van der Waals surface area contributed by atoms with Gasteiger partial charge in [-0.1, -0.05) is 18.2 Å². The zero-order valence-corrected chi connectivity index (χ0v) is 14.3. The number of aryl methyl sites for hydroxylation is 1. The van der Waals surface area contributed by atoms with E-state index in [9.17, 15) is 27.9 Å². The molecule has 0 amide bonds. The van der Waals surface area contributed by atoms with E-state index in [1.165, 1.54) is 25.3 Å². The molecule has 0 aliphatic rings. The largest absolute Gasteiger partial charge is 0.506 e. The number of para-hydroxylation sites is 1. The summed E-state index contributed by atoms with van der Waals surface area (Å²) in [5.74, 6) is -3.16. The summed E-state index contributed by atoms with van der Waals surface area (Å²) in [7, 11) is 1.35. The number of rotatable bonds is 3. The number of fused-ring (bicyclic) bond motifs is 1. The second-order valence-electron chi connectivity index (χ2n) is 5.87. The molecule has 0 aliphatic carbocycles. The van der Waals surface area contributed by atoms with E-state index >= 15 is 0 Å². The average molecular weight is 377 g/mol. The van der Waals surface area contributed by atoms with Crippen molar-refractivity contribution in [3.8, 4) is 17.2 Å². The topological polar surface area (TPSA) is 68.5 Å². The molecule has 3 aromatic rings. The molecule has 0 bridgehead atoms. The molecule has 3 rings (SSSR count). The summed E-state index contributed by atoms with van der Waals surface area (Å²) in [5, 5.41) is 10.3. The number of ether oxygens (including phenoxy) is 1. The summed E-state index contributed by atoms with van der Waals surface area (Å²) >= 11 is 0. The van der Waals surface area contributed by atoms with Crippen molar-refractivity contribution in [3.05, 3.63) is 63.9 Å². The van der Waals surface area contributed by atoms with E-state index in [1.807, 2.05) is 0 Å². The lowest BCUT2D eigenvalue weighted by molar-refractivity contribution is -0.0887. The van der Waals surface area contributed by atoms with E-state index in [0.29, 0.717) is 5.56 Å². The van der Waals surface area contributed by atoms with Gasteiger partial charge in [-0.05, 0) is 36.8 Å². The first-order chi connectivity index (χ1) is 12.7. The Kier molecular flexibility index (Phi) is 4.43. The van der Waals surface area contributed by atoms with Crippen molar-refractivity contribution in [2.45, 2.75) is 13.1 Å². The summed E-state index contributed by atoms with van der Waals surface area (Å²) in [6.45, 7) is 1.62. The third-order valence-electron chi connectivity index (χ3n) is 4.14. The van der Waals surface area contributed by atoms with Crippen molar-refractivity contribution in [2.75, 3.05) is 7.11 Å². The molecular weight excluding hydrogens is 363 g/mol. The summed E-state index contributed by atoms with van der Waals surface area (Å²) in [4.78, 5) is 24.7. The summed E-state index contributed by atoms with van der Waals surface area (Å²) in [5.41, 5.74) is -1.65. The van der Waals surface area contributed by atoms with Crippen LogP contribution in [-0.4, -0.2) is 28.7 Å². The van der Waals surface area contributed by atoms with E-state index in [4.69, 9.17) is 4.74 Å². The van der Waals surface area contributed by atoms with Crippen LogP contribution >= 0.6 is 0 Å². The number of methoxy groups -OCH3 is 1. The van der Waals surface area contributed by atoms with Crippen LogP contribution in [0.5, 0.6) is 11.5 Å². The van der Waals surface area contributed by atoms with Crippen LogP contribution in [0.1, 0.15) is 15.9 Å². The fraction of sp³-hybridized carbons (Fsp3) is 0.158. The Morgan fingerprint density at radius 1 is 1.15 bits per heavy atom. The highest BCUT2D eigenvalue weighted by Gasteiger charge is 2.43. The van der Waals surface area contributed by atoms with Gasteiger partial charge in [0.05, 0.1) is 12.6 Å². The van der Waals surface area contributed by atoms with Gasteiger partial charge in [0.1, 0.15) is 17.1 Å². The summed E-state index contributed by atoms with van der Waals surface area (Å²) in [6.07, 6.45) is -5.31. The Labute approximate surface area is 151 Å². The molecule has 2 aromatic carbocycles. The highest BCUT2D eigenvalue weighted by atomic mass is 19.4. The van der Waals surface area contributed by atoms with Crippen LogP contribution in [0.25, 0.3) is 16.6 Å². The van der Waals surface area contributed by atoms with Gasteiger partial charge in [0, 0.05) is 11.1 Å². The number of nitrogens with zero attached hydrogens (tertiary/aromatic N) is 1. The molecule has 1 aromatic heterocycles. The fourth-order valence-corrected chi connectivity index (χ4v) is 2.96. The molecule has 0 unspecified atom stereocenters. The number of hydrogen-bond acceptors (Lipinski definition) is 4. The molecule has 8 heteroatoms. The number of Topliss-reactive ketones (excluding diaryl/α,β-unsaturated/α-hetero) is 1. The number of ketones is 1. The average Bonchev–Trinajstić information content (AvgIpc) is 2.62. The van der Waals surface area contributed by atoms with Gasteiger partial charge >= 0.3 is 6.18 Å². The normalized spacial score (nSPS) is 11.6. The van der Waals surface area contributed by atoms with Gasteiger partial charge in [-0.3, -0.25) is 14.2 Å². The van der Waals surface area contributed by atoms with Crippen LogP contribution in [0.3, 0.4) is 0 Å².